The fourth-order valence-electron chi connectivity index (χ4n) is 2.75. The molecule has 3 nitrogen and oxygen atoms in total. The Labute approximate surface area is 139 Å². The molecule has 0 saturated heterocycles. The van der Waals surface area contributed by atoms with E-state index in [1.165, 1.54) is 11.1 Å². The lowest BCUT2D eigenvalue weighted by Crippen LogP contribution is -2.41. The summed E-state index contributed by atoms with van der Waals surface area (Å²) in [6.45, 7) is 0. The van der Waals surface area contributed by atoms with Gasteiger partial charge >= 0.3 is 6.03 Å². The molecular formula is C17H16Cl2N2O. The van der Waals surface area contributed by atoms with Crippen LogP contribution in [0.5, 0.6) is 0 Å². The molecular weight excluding hydrogens is 319 g/mol. The lowest BCUT2D eigenvalue weighted by atomic mass is 9.88. The molecule has 0 aromatic heterocycles. The fourth-order valence-corrected chi connectivity index (χ4v) is 3.05. The van der Waals surface area contributed by atoms with Gasteiger partial charge in [-0.05, 0) is 48.6 Å². The second kappa shape index (κ2) is 6.59. The number of amides is 2. The average molecular weight is 335 g/mol. The van der Waals surface area contributed by atoms with Crippen molar-refractivity contribution in [1.82, 2.24) is 5.32 Å². The molecule has 2 N–H and O–H groups in total. The van der Waals surface area contributed by atoms with Crippen molar-refractivity contribution < 1.29 is 4.79 Å². The molecule has 2 amide bonds. The van der Waals surface area contributed by atoms with E-state index in [0.29, 0.717) is 15.7 Å². The van der Waals surface area contributed by atoms with E-state index in [0.717, 1.165) is 19.3 Å². The molecule has 0 saturated carbocycles. The molecule has 0 radical (unpaired) electrons. The summed E-state index contributed by atoms with van der Waals surface area (Å²) in [6, 6.07) is 13.3. The lowest BCUT2D eigenvalue weighted by molar-refractivity contribution is 0.247. The van der Waals surface area contributed by atoms with E-state index in [1.807, 2.05) is 6.07 Å². The van der Waals surface area contributed by atoms with Crippen LogP contribution in [0.2, 0.25) is 10.0 Å². The Morgan fingerprint density at radius 3 is 2.59 bits per heavy atom. The molecule has 1 atom stereocenters. The minimum absolute atomic E-state index is 0.151. The van der Waals surface area contributed by atoms with Crippen LogP contribution >= 0.6 is 23.2 Å². The summed E-state index contributed by atoms with van der Waals surface area (Å²) in [6.07, 6.45) is 2.81. The number of carbonyl (C=O) groups excluding carboxylic acids is 1. The maximum absolute atomic E-state index is 12.1. The van der Waals surface area contributed by atoms with Gasteiger partial charge in [0, 0.05) is 11.7 Å². The topological polar surface area (TPSA) is 41.1 Å². The van der Waals surface area contributed by atoms with E-state index in [9.17, 15) is 4.79 Å². The van der Waals surface area contributed by atoms with Gasteiger partial charge in [-0.3, -0.25) is 0 Å². The van der Waals surface area contributed by atoms with E-state index in [1.54, 1.807) is 18.2 Å². The Bertz CT molecular complexity index is 703. The third-order valence-electron chi connectivity index (χ3n) is 3.86. The largest absolute Gasteiger partial charge is 0.335 e. The number of fused-ring (bicyclic) bond motifs is 1. The summed E-state index contributed by atoms with van der Waals surface area (Å²) < 4.78 is 0. The van der Waals surface area contributed by atoms with Crippen LogP contribution in [0.25, 0.3) is 0 Å². The number of nitrogens with one attached hydrogen (secondary N) is 2. The highest BCUT2D eigenvalue weighted by molar-refractivity contribution is 6.42. The summed E-state index contributed by atoms with van der Waals surface area (Å²) >= 11 is 11.8. The molecule has 0 fully saturated rings. The fraction of sp³-hybridized carbons (Fsp3) is 0.235. The van der Waals surface area contributed by atoms with Crippen molar-refractivity contribution in [2.75, 3.05) is 5.32 Å². The zero-order chi connectivity index (χ0) is 15.5. The van der Waals surface area contributed by atoms with E-state index in [2.05, 4.69) is 28.8 Å². The molecule has 0 unspecified atom stereocenters. The first-order valence-electron chi connectivity index (χ1n) is 7.21. The third kappa shape index (κ3) is 3.54. The highest BCUT2D eigenvalue weighted by atomic mass is 35.5. The Hall–Kier alpha value is -1.71. The SMILES string of the molecule is O=C(Nc1ccc(Cl)c(Cl)c1)N[C@H]1CCc2ccccc2C1. The number of urea groups is 1. The predicted octanol–water partition coefficient (Wildman–Crippen LogP) is 4.67. The highest BCUT2D eigenvalue weighted by Crippen LogP contribution is 2.25. The molecule has 22 heavy (non-hydrogen) atoms. The van der Waals surface area contributed by atoms with Crippen molar-refractivity contribution in [2.45, 2.75) is 25.3 Å². The first kappa shape index (κ1) is 15.2. The second-order valence-corrected chi connectivity index (χ2v) is 6.25. The van der Waals surface area contributed by atoms with Gasteiger partial charge in [0.25, 0.3) is 0 Å². The van der Waals surface area contributed by atoms with E-state index < -0.39 is 0 Å². The Morgan fingerprint density at radius 2 is 1.82 bits per heavy atom. The van der Waals surface area contributed by atoms with Crippen LogP contribution in [0, 0.1) is 0 Å². The van der Waals surface area contributed by atoms with Gasteiger partial charge in [-0.2, -0.15) is 0 Å². The lowest BCUT2D eigenvalue weighted by Gasteiger charge is -2.25. The van der Waals surface area contributed by atoms with Gasteiger partial charge in [0.2, 0.25) is 0 Å². The number of rotatable bonds is 2. The number of hydrogen-bond acceptors (Lipinski definition) is 1. The van der Waals surface area contributed by atoms with Crippen molar-refractivity contribution in [3.63, 3.8) is 0 Å². The summed E-state index contributed by atoms with van der Waals surface area (Å²) in [7, 11) is 0. The molecule has 1 aliphatic carbocycles. The number of aryl methyl sites for hydroxylation is 1. The normalized spacial score (nSPS) is 16.7. The van der Waals surface area contributed by atoms with Crippen LogP contribution in [0.1, 0.15) is 17.5 Å². The molecule has 5 heteroatoms. The summed E-state index contributed by atoms with van der Waals surface area (Å²) in [5.74, 6) is 0. The maximum Gasteiger partial charge on any atom is 0.319 e. The quantitative estimate of drug-likeness (QED) is 0.822. The molecule has 2 aromatic rings. The smallest absolute Gasteiger partial charge is 0.319 e. The van der Waals surface area contributed by atoms with E-state index in [-0.39, 0.29) is 12.1 Å². The highest BCUT2D eigenvalue weighted by Gasteiger charge is 2.19. The van der Waals surface area contributed by atoms with E-state index >= 15 is 0 Å². The number of benzene rings is 2. The second-order valence-electron chi connectivity index (χ2n) is 5.44. The monoisotopic (exact) mass is 334 g/mol. The molecule has 0 bridgehead atoms. The van der Waals surface area contributed by atoms with Gasteiger partial charge in [0.15, 0.2) is 0 Å². The van der Waals surface area contributed by atoms with Crippen molar-refractivity contribution in [3.8, 4) is 0 Å². The number of hydrogen-bond donors (Lipinski definition) is 2. The van der Waals surface area contributed by atoms with Gasteiger partial charge in [-0.15, -0.1) is 0 Å². The van der Waals surface area contributed by atoms with Gasteiger partial charge in [-0.1, -0.05) is 47.5 Å². The zero-order valence-corrected chi connectivity index (χ0v) is 13.4. The Kier molecular flexibility index (Phi) is 4.55. The van der Waals surface area contributed by atoms with Crippen LogP contribution in [-0.2, 0) is 12.8 Å². The molecule has 0 spiro atoms. The minimum atomic E-state index is -0.220. The number of carbonyl (C=O) groups is 1. The molecule has 3 rings (SSSR count). The van der Waals surface area contributed by atoms with Crippen LogP contribution in [0.15, 0.2) is 42.5 Å². The van der Waals surface area contributed by atoms with Crippen LogP contribution in [-0.4, -0.2) is 12.1 Å². The van der Waals surface area contributed by atoms with Crippen molar-refractivity contribution in [1.29, 1.82) is 0 Å². The predicted molar refractivity (Wildman–Crippen MR) is 90.9 cm³/mol. The molecule has 114 valence electrons. The van der Waals surface area contributed by atoms with Gasteiger partial charge in [-0.25, -0.2) is 4.79 Å². The Morgan fingerprint density at radius 1 is 1.05 bits per heavy atom. The summed E-state index contributed by atoms with van der Waals surface area (Å²) in [5.41, 5.74) is 3.32. The molecule has 1 aliphatic rings. The molecule has 0 aliphatic heterocycles. The number of halogens is 2. The van der Waals surface area contributed by atoms with Gasteiger partial charge < -0.3 is 10.6 Å². The molecule has 2 aromatic carbocycles. The summed E-state index contributed by atoms with van der Waals surface area (Å²) in [4.78, 5) is 12.1. The number of anilines is 1. The average Bonchev–Trinajstić information content (AvgIpc) is 2.51. The molecule has 0 heterocycles. The standard InChI is InChI=1S/C17H16Cl2N2O/c18-15-8-7-14(10-16(15)19)21-17(22)20-13-6-5-11-3-1-2-4-12(11)9-13/h1-4,7-8,10,13H,5-6,9H2,(H2,20,21,22)/t13-/m0/s1. The third-order valence-corrected chi connectivity index (χ3v) is 4.60. The van der Waals surface area contributed by atoms with Gasteiger partial charge in [0.05, 0.1) is 10.0 Å². The first-order chi connectivity index (χ1) is 10.6. The first-order valence-corrected chi connectivity index (χ1v) is 7.97. The van der Waals surface area contributed by atoms with Crippen LogP contribution < -0.4 is 10.6 Å². The van der Waals surface area contributed by atoms with Crippen molar-refractivity contribution in [2.24, 2.45) is 0 Å². The summed E-state index contributed by atoms with van der Waals surface area (Å²) in [5, 5.41) is 6.70. The van der Waals surface area contributed by atoms with Crippen LogP contribution in [0.3, 0.4) is 0 Å². The Balaban J connectivity index is 1.59. The minimum Gasteiger partial charge on any atom is -0.335 e. The zero-order valence-electron chi connectivity index (χ0n) is 11.9. The van der Waals surface area contributed by atoms with E-state index in [4.69, 9.17) is 23.2 Å². The van der Waals surface area contributed by atoms with Crippen molar-refractivity contribution >= 4 is 34.9 Å². The maximum atomic E-state index is 12.1. The van der Waals surface area contributed by atoms with Gasteiger partial charge in [0.1, 0.15) is 0 Å². The van der Waals surface area contributed by atoms with Crippen LogP contribution in [0.4, 0.5) is 10.5 Å². The van der Waals surface area contributed by atoms with Crippen molar-refractivity contribution in [3.05, 3.63) is 63.6 Å².